The van der Waals surface area contributed by atoms with Crippen LogP contribution in [0.5, 0.6) is 11.5 Å². The maximum Gasteiger partial charge on any atom is 0.250 e. The van der Waals surface area contributed by atoms with Crippen molar-refractivity contribution < 1.29 is 14.3 Å². The van der Waals surface area contributed by atoms with Gasteiger partial charge in [0.2, 0.25) is 5.91 Å². The van der Waals surface area contributed by atoms with Gasteiger partial charge in [-0.3, -0.25) is 14.7 Å². The number of nitrogens with zero attached hydrogens (tertiary/aromatic N) is 2. The minimum atomic E-state index is -0.429. The van der Waals surface area contributed by atoms with Gasteiger partial charge in [0.1, 0.15) is 17.6 Å². The molecule has 0 radical (unpaired) electrons. The van der Waals surface area contributed by atoms with Crippen LogP contribution in [0.1, 0.15) is 5.69 Å². The quantitative estimate of drug-likeness (QED) is 0.886. The molecule has 3 rings (SSSR count). The van der Waals surface area contributed by atoms with E-state index in [1.54, 1.807) is 19.3 Å². The molecule has 0 unspecified atom stereocenters. The van der Waals surface area contributed by atoms with Crippen molar-refractivity contribution in [3.8, 4) is 11.5 Å². The lowest BCUT2D eigenvalue weighted by molar-refractivity contribution is -0.138. The van der Waals surface area contributed by atoms with E-state index in [0.717, 1.165) is 12.2 Å². The molecule has 1 aliphatic rings. The minimum Gasteiger partial charge on any atom is -0.454 e. The van der Waals surface area contributed by atoms with Crippen LogP contribution in [0.3, 0.4) is 0 Å². The summed E-state index contributed by atoms with van der Waals surface area (Å²) in [6.07, 6.45) is 1.25. The topological polar surface area (TPSA) is 63.7 Å². The summed E-state index contributed by atoms with van der Waals surface area (Å²) in [5.41, 5.74) is 0.907. The number of likely N-dealkylation sites (N-methyl/N-ethyl adjacent to an activating group) is 1. The zero-order chi connectivity index (χ0) is 17.6. The van der Waals surface area contributed by atoms with E-state index in [1.165, 1.54) is 0 Å². The SMILES string of the molecule is CNC(=O)[C@@H]1CN(Cc2ccc(Oc3ccccc3Cl)cn2)CCO1. The molecule has 1 aromatic heterocycles. The van der Waals surface area contributed by atoms with Crippen LogP contribution in [0.15, 0.2) is 42.6 Å². The normalized spacial score (nSPS) is 17.9. The molecule has 2 aromatic rings. The second kappa shape index (κ2) is 8.29. The monoisotopic (exact) mass is 361 g/mol. The highest BCUT2D eigenvalue weighted by atomic mass is 35.5. The summed E-state index contributed by atoms with van der Waals surface area (Å²) in [6, 6.07) is 11.1. The maximum absolute atomic E-state index is 11.7. The second-order valence-electron chi connectivity index (χ2n) is 5.73. The fourth-order valence-corrected chi connectivity index (χ4v) is 2.79. The first kappa shape index (κ1) is 17.7. The number of halogens is 1. The van der Waals surface area contributed by atoms with Gasteiger partial charge in [0.15, 0.2) is 0 Å². The van der Waals surface area contributed by atoms with Crippen LogP contribution in [0, 0.1) is 0 Å². The summed E-state index contributed by atoms with van der Waals surface area (Å²) in [4.78, 5) is 18.3. The van der Waals surface area contributed by atoms with E-state index in [1.807, 2.05) is 30.3 Å². The molecule has 1 amide bonds. The number of amides is 1. The van der Waals surface area contributed by atoms with Crippen LogP contribution in [0.2, 0.25) is 5.02 Å². The lowest BCUT2D eigenvalue weighted by Gasteiger charge is -2.31. The number of rotatable bonds is 5. The van der Waals surface area contributed by atoms with Crippen LogP contribution in [-0.2, 0) is 16.1 Å². The first-order valence-electron chi connectivity index (χ1n) is 8.08. The molecule has 1 fully saturated rings. The second-order valence-corrected chi connectivity index (χ2v) is 6.13. The van der Waals surface area contributed by atoms with E-state index in [-0.39, 0.29) is 5.91 Å². The number of para-hydroxylation sites is 1. The number of pyridine rings is 1. The molecular formula is C18H20ClN3O3. The highest BCUT2D eigenvalue weighted by molar-refractivity contribution is 6.32. The average molecular weight is 362 g/mol. The predicted molar refractivity (Wildman–Crippen MR) is 94.8 cm³/mol. The fraction of sp³-hybridized carbons (Fsp3) is 0.333. The fourth-order valence-electron chi connectivity index (χ4n) is 2.61. The summed E-state index contributed by atoms with van der Waals surface area (Å²) >= 11 is 6.09. The number of aromatic nitrogens is 1. The molecule has 1 N–H and O–H groups in total. The highest BCUT2D eigenvalue weighted by Gasteiger charge is 2.25. The lowest BCUT2D eigenvalue weighted by atomic mass is 10.2. The van der Waals surface area contributed by atoms with E-state index in [4.69, 9.17) is 21.1 Å². The highest BCUT2D eigenvalue weighted by Crippen LogP contribution is 2.28. The third kappa shape index (κ3) is 4.69. The van der Waals surface area contributed by atoms with Gasteiger partial charge in [-0.2, -0.15) is 0 Å². The van der Waals surface area contributed by atoms with Crippen LogP contribution in [0.25, 0.3) is 0 Å². The van der Waals surface area contributed by atoms with Gasteiger partial charge in [0, 0.05) is 26.7 Å². The molecule has 7 heteroatoms. The number of carbonyl (C=O) groups excluding carboxylic acids is 1. The van der Waals surface area contributed by atoms with Gasteiger partial charge in [0.05, 0.1) is 23.5 Å². The van der Waals surface area contributed by atoms with Gasteiger partial charge in [-0.25, -0.2) is 0 Å². The summed E-state index contributed by atoms with van der Waals surface area (Å²) in [7, 11) is 1.61. The average Bonchev–Trinajstić information content (AvgIpc) is 2.65. The Bertz CT molecular complexity index is 724. The standard InChI is InChI=1S/C18H20ClN3O3/c1-20-18(23)17-12-22(8-9-24-17)11-13-6-7-14(10-21-13)25-16-5-3-2-4-15(16)19/h2-7,10,17H,8-9,11-12H2,1H3,(H,20,23)/t17-/m0/s1. The van der Waals surface area contributed by atoms with Crippen molar-refractivity contribution in [3.63, 3.8) is 0 Å². The molecule has 0 bridgehead atoms. The summed E-state index contributed by atoms with van der Waals surface area (Å²) in [5, 5.41) is 3.18. The Morgan fingerprint density at radius 3 is 2.96 bits per heavy atom. The molecule has 0 spiro atoms. The summed E-state index contributed by atoms with van der Waals surface area (Å²) < 4.78 is 11.2. The van der Waals surface area contributed by atoms with Crippen LogP contribution in [-0.4, -0.2) is 48.6 Å². The molecule has 1 atom stereocenters. The van der Waals surface area contributed by atoms with E-state index in [2.05, 4.69) is 15.2 Å². The lowest BCUT2D eigenvalue weighted by Crippen LogP contribution is -2.48. The Kier molecular flexibility index (Phi) is 5.86. The van der Waals surface area contributed by atoms with Crippen molar-refractivity contribution in [3.05, 3.63) is 53.3 Å². The molecule has 0 saturated carbocycles. The Labute approximate surface area is 151 Å². The van der Waals surface area contributed by atoms with Crippen molar-refractivity contribution >= 4 is 17.5 Å². The summed E-state index contributed by atoms with van der Waals surface area (Å²) in [6.45, 7) is 2.52. The molecule has 25 heavy (non-hydrogen) atoms. The Hall–Kier alpha value is -2.15. The first-order chi connectivity index (χ1) is 12.2. The molecule has 0 aliphatic carbocycles. The van der Waals surface area contributed by atoms with Crippen molar-refractivity contribution in [1.82, 2.24) is 15.2 Å². The number of nitrogens with one attached hydrogen (secondary N) is 1. The minimum absolute atomic E-state index is 0.0962. The Balaban J connectivity index is 1.59. The van der Waals surface area contributed by atoms with E-state index >= 15 is 0 Å². The van der Waals surface area contributed by atoms with Gasteiger partial charge < -0.3 is 14.8 Å². The van der Waals surface area contributed by atoms with Crippen molar-refractivity contribution in [2.45, 2.75) is 12.6 Å². The van der Waals surface area contributed by atoms with Gasteiger partial charge >= 0.3 is 0 Å². The van der Waals surface area contributed by atoms with Crippen molar-refractivity contribution in [1.29, 1.82) is 0 Å². The molecule has 1 saturated heterocycles. The molecule has 6 nitrogen and oxygen atoms in total. The van der Waals surface area contributed by atoms with E-state index in [0.29, 0.717) is 36.2 Å². The third-order valence-corrected chi connectivity index (χ3v) is 4.25. The Morgan fingerprint density at radius 1 is 1.40 bits per heavy atom. The predicted octanol–water partition coefficient (Wildman–Crippen LogP) is 2.47. The largest absolute Gasteiger partial charge is 0.454 e. The number of hydrogen-bond donors (Lipinski definition) is 1. The molecule has 132 valence electrons. The number of carbonyl (C=O) groups is 1. The zero-order valence-corrected chi connectivity index (χ0v) is 14.7. The molecule has 1 aromatic carbocycles. The van der Waals surface area contributed by atoms with Crippen LogP contribution < -0.4 is 10.1 Å². The van der Waals surface area contributed by atoms with Gasteiger partial charge in [-0.05, 0) is 24.3 Å². The van der Waals surface area contributed by atoms with Gasteiger partial charge in [-0.15, -0.1) is 0 Å². The van der Waals surface area contributed by atoms with Gasteiger partial charge in [0.25, 0.3) is 0 Å². The van der Waals surface area contributed by atoms with E-state index < -0.39 is 6.10 Å². The number of hydrogen-bond acceptors (Lipinski definition) is 5. The van der Waals surface area contributed by atoms with Gasteiger partial charge in [-0.1, -0.05) is 23.7 Å². The summed E-state index contributed by atoms with van der Waals surface area (Å²) in [5.74, 6) is 1.13. The number of benzene rings is 1. The number of morpholine rings is 1. The molecule has 1 aliphatic heterocycles. The smallest absolute Gasteiger partial charge is 0.250 e. The van der Waals surface area contributed by atoms with Crippen LogP contribution in [0.4, 0.5) is 0 Å². The zero-order valence-electron chi connectivity index (χ0n) is 13.9. The molecule has 2 heterocycles. The Morgan fingerprint density at radius 2 is 2.24 bits per heavy atom. The van der Waals surface area contributed by atoms with Crippen LogP contribution >= 0.6 is 11.6 Å². The maximum atomic E-state index is 11.7. The van der Waals surface area contributed by atoms with Crippen molar-refractivity contribution in [2.75, 3.05) is 26.7 Å². The number of ether oxygens (including phenoxy) is 2. The first-order valence-corrected chi connectivity index (χ1v) is 8.46. The third-order valence-electron chi connectivity index (χ3n) is 3.94. The molecular weight excluding hydrogens is 342 g/mol. The van der Waals surface area contributed by atoms with E-state index in [9.17, 15) is 4.79 Å². The van der Waals surface area contributed by atoms with Crippen molar-refractivity contribution in [2.24, 2.45) is 0 Å².